The largest absolute Gasteiger partial charge is 0.481 e. The first kappa shape index (κ1) is 9.67. The molecule has 0 aliphatic rings. The topological polar surface area (TPSA) is 76.2 Å². The Morgan fingerprint density at radius 3 is 2.92 bits per heavy atom. The van der Waals surface area contributed by atoms with Crippen molar-refractivity contribution < 1.29 is 9.90 Å². The SMILES string of the molecule is Cc1ccnc(C(CN)C(=O)O)c1. The van der Waals surface area contributed by atoms with Gasteiger partial charge < -0.3 is 10.8 Å². The number of rotatable bonds is 3. The highest BCUT2D eigenvalue weighted by molar-refractivity contribution is 5.75. The lowest BCUT2D eigenvalue weighted by atomic mass is 10.0. The Balaban J connectivity index is 2.98. The van der Waals surface area contributed by atoms with Gasteiger partial charge in [-0.2, -0.15) is 0 Å². The minimum absolute atomic E-state index is 0.0752. The highest BCUT2D eigenvalue weighted by Crippen LogP contribution is 2.12. The van der Waals surface area contributed by atoms with Gasteiger partial charge in [0, 0.05) is 12.7 Å². The molecule has 1 aromatic rings. The number of nitrogens with zero attached hydrogens (tertiary/aromatic N) is 1. The summed E-state index contributed by atoms with van der Waals surface area (Å²) in [6, 6.07) is 3.56. The van der Waals surface area contributed by atoms with Crippen molar-refractivity contribution in [2.24, 2.45) is 5.73 Å². The fourth-order valence-electron chi connectivity index (χ4n) is 1.10. The fourth-order valence-corrected chi connectivity index (χ4v) is 1.10. The first-order valence-corrected chi connectivity index (χ1v) is 4.00. The Labute approximate surface area is 76.4 Å². The summed E-state index contributed by atoms with van der Waals surface area (Å²) in [5.41, 5.74) is 6.85. The first-order chi connectivity index (χ1) is 6.15. The predicted molar refractivity (Wildman–Crippen MR) is 48.4 cm³/mol. The lowest BCUT2D eigenvalue weighted by Crippen LogP contribution is -2.22. The molecule has 0 aliphatic heterocycles. The lowest BCUT2D eigenvalue weighted by molar-refractivity contribution is -0.138. The summed E-state index contributed by atoms with van der Waals surface area (Å²) in [6.07, 6.45) is 1.59. The average molecular weight is 180 g/mol. The van der Waals surface area contributed by atoms with Crippen molar-refractivity contribution in [3.63, 3.8) is 0 Å². The van der Waals surface area contributed by atoms with Crippen molar-refractivity contribution in [3.8, 4) is 0 Å². The predicted octanol–water partition coefficient (Wildman–Crippen LogP) is 0.517. The lowest BCUT2D eigenvalue weighted by Gasteiger charge is -2.08. The molecule has 0 saturated heterocycles. The van der Waals surface area contributed by atoms with Gasteiger partial charge in [0.25, 0.3) is 0 Å². The van der Waals surface area contributed by atoms with Crippen LogP contribution in [-0.2, 0) is 4.79 Å². The van der Waals surface area contributed by atoms with E-state index in [4.69, 9.17) is 10.8 Å². The Bertz CT molecular complexity index is 312. The van der Waals surface area contributed by atoms with E-state index in [1.54, 1.807) is 12.3 Å². The van der Waals surface area contributed by atoms with Gasteiger partial charge in [-0.05, 0) is 24.6 Å². The van der Waals surface area contributed by atoms with E-state index in [0.717, 1.165) is 5.56 Å². The number of nitrogens with two attached hydrogens (primary N) is 1. The summed E-state index contributed by atoms with van der Waals surface area (Å²) in [5, 5.41) is 8.80. The summed E-state index contributed by atoms with van der Waals surface area (Å²) in [6.45, 7) is 1.96. The highest BCUT2D eigenvalue weighted by Gasteiger charge is 2.18. The highest BCUT2D eigenvalue weighted by atomic mass is 16.4. The second kappa shape index (κ2) is 4.00. The minimum Gasteiger partial charge on any atom is -0.481 e. The van der Waals surface area contributed by atoms with E-state index in [0.29, 0.717) is 5.69 Å². The monoisotopic (exact) mass is 180 g/mol. The van der Waals surface area contributed by atoms with Gasteiger partial charge in [0.15, 0.2) is 0 Å². The molecule has 0 saturated carbocycles. The molecule has 0 spiro atoms. The zero-order valence-corrected chi connectivity index (χ0v) is 7.40. The Hall–Kier alpha value is -1.42. The van der Waals surface area contributed by atoms with Crippen LogP contribution in [0.5, 0.6) is 0 Å². The molecule has 0 aromatic carbocycles. The van der Waals surface area contributed by atoms with Crippen LogP contribution in [0.1, 0.15) is 17.2 Å². The van der Waals surface area contributed by atoms with Gasteiger partial charge in [-0.1, -0.05) is 0 Å². The second-order valence-corrected chi connectivity index (χ2v) is 2.88. The van der Waals surface area contributed by atoms with Crippen molar-refractivity contribution in [2.45, 2.75) is 12.8 Å². The third kappa shape index (κ3) is 2.26. The van der Waals surface area contributed by atoms with E-state index >= 15 is 0 Å². The molecular weight excluding hydrogens is 168 g/mol. The Kier molecular flexibility index (Phi) is 2.97. The van der Waals surface area contributed by atoms with E-state index in [1.165, 1.54) is 0 Å². The number of carboxylic acids is 1. The summed E-state index contributed by atoms with van der Waals surface area (Å²) in [5.74, 6) is -1.62. The van der Waals surface area contributed by atoms with Crippen molar-refractivity contribution in [3.05, 3.63) is 29.6 Å². The number of carboxylic acid groups (broad SMARTS) is 1. The maximum absolute atomic E-state index is 10.7. The van der Waals surface area contributed by atoms with Crippen LogP contribution in [0.3, 0.4) is 0 Å². The van der Waals surface area contributed by atoms with Gasteiger partial charge in [-0.25, -0.2) is 0 Å². The zero-order chi connectivity index (χ0) is 9.84. The summed E-state index contributed by atoms with van der Waals surface area (Å²) < 4.78 is 0. The van der Waals surface area contributed by atoms with Gasteiger partial charge in [0.2, 0.25) is 0 Å². The van der Waals surface area contributed by atoms with Crippen molar-refractivity contribution >= 4 is 5.97 Å². The number of aryl methyl sites for hydroxylation is 1. The van der Waals surface area contributed by atoms with Gasteiger partial charge in [0.1, 0.15) is 5.92 Å². The molecule has 0 bridgehead atoms. The van der Waals surface area contributed by atoms with E-state index in [9.17, 15) is 4.79 Å². The van der Waals surface area contributed by atoms with Gasteiger partial charge in [-0.3, -0.25) is 9.78 Å². The first-order valence-electron chi connectivity index (χ1n) is 4.00. The number of hydrogen-bond donors (Lipinski definition) is 2. The molecule has 4 heteroatoms. The number of pyridine rings is 1. The van der Waals surface area contributed by atoms with E-state index in [2.05, 4.69) is 4.98 Å². The molecule has 0 amide bonds. The molecular formula is C9H12N2O2. The van der Waals surface area contributed by atoms with E-state index in [1.807, 2.05) is 13.0 Å². The van der Waals surface area contributed by atoms with Gasteiger partial charge in [0.05, 0.1) is 5.69 Å². The fraction of sp³-hybridized carbons (Fsp3) is 0.333. The standard InChI is InChI=1S/C9H12N2O2/c1-6-2-3-11-8(4-6)7(5-10)9(12)13/h2-4,7H,5,10H2,1H3,(H,12,13). The molecule has 0 aliphatic carbocycles. The molecule has 1 atom stereocenters. The molecule has 0 radical (unpaired) electrons. The molecule has 1 unspecified atom stereocenters. The molecule has 1 aromatic heterocycles. The van der Waals surface area contributed by atoms with Crippen molar-refractivity contribution in [2.75, 3.05) is 6.54 Å². The van der Waals surface area contributed by atoms with Crippen molar-refractivity contribution in [1.29, 1.82) is 0 Å². The normalized spacial score (nSPS) is 12.5. The molecule has 70 valence electrons. The molecule has 3 N–H and O–H groups in total. The van der Waals surface area contributed by atoms with Crippen LogP contribution >= 0.6 is 0 Å². The zero-order valence-electron chi connectivity index (χ0n) is 7.40. The Morgan fingerprint density at radius 1 is 1.77 bits per heavy atom. The minimum atomic E-state index is -0.930. The molecule has 1 heterocycles. The van der Waals surface area contributed by atoms with Crippen LogP contribution in [0.2, 0.25) is 0 Å². The quantitative estimate of drug-likeness (QED) is 0.710. The molecule has 0 fully saturated rings. The number of hydrogen-bond acceptors (Lipinski definition) is 3. The van der Waals surface area contributed by atoms with Crippen LogP contribution < -0.4 is 5.73 Å². The van der Waals surface area contributed by atoms with Gasteiger partial charge >= 0.3 is 5.97 Å². The second-order valence-electron chi connectivity index (χ2n) is 2.88. The third-order valence-electron chi connectivity index (χ3n) is 1.83. The Morgan fingerprint density at radius 2 is 2.46 bits per heavy atom. The van der Waals surface area contributed by atoms with Crippen LogP contribution in [0.25, 0.3) is 0 Å². The average Bonchev–Trinajstić information content (AvgIpc) is 2.04. The van der Waals surface area contributed by atoms with Crippen molar-refractivity contribution in [1.82, 2.24) is 4.98 Å². The summed E-state index contributed by atoms with van der Waals surface area (Å²) >= 11 is 0. The number of aromatic nitrogens is 1. The van der Waals surface area contributed by atoms with Crippen LogP contribution in [-0.4, -0.2) is 22.6 Å². The van der Waals surface area contributed by atoms with Gasteiger partial charge in [-0.15, -0.1) is 0 Å². The maximum atomic E-state index is 10.7. The number of carbonyl (C=O) groups is 1. The summed E-state index contributed by atoms with van der Waals surface area (Å²) in [7, 11) is 0. The summed E-state index contributed by atoms with van der Waals surface area (Å²) in [4.78, 5) is 14.7. The van der Waals surface area contributed by atoms with Crippen LogP contribution in [0.4, 0.5) is 0 Å². The smallest absolute Gasteiger partial charge is 0.313 e. The molecule has 1 rings (SSSR count). The third-order valence-corrected chi connectivity index (χ3v) is 1.83. The molecule has 4 nitrogen and oxygen atoms in total. The van der Waals surface area contributed by atoms with E-state index in [-0.39, 0.29) is 6.54 Å². The van der Waals surface area contributed by atoms with Crippen LogP contribution in [0, 0.1) is 6.92 Å². The van der Waals surface area contributed by atoms with E-state index < -0.39 is 11.9 Å². The van der Waals surface area contributed by atoms with Crippen LogP contribution in [0.15, 0.2) is 18.3 Å². The maximum Gasteiger partial charge on any atom is 0.313 e. The number of aliphatic carboxylic acids is 1. The molecule has 13 heavy (non-hydrogen) atoms.